The first-order chi connectivity index (χ1) is 14.8. The number of allylic oxidation sites excluding steroid dienone is 2. The Balaban J connectivity index is 1.60. The van der Waals surface area contributed by atoms with Gasteiger partial charge in [0.05, 0.1) is 17.8 Å². The van der Waals surface area contributed by atoms with Crippen molar-refractivity contribution in [3.8, 4) is 17.3 Å². The number of carbonyl (C=O) groups is 1. The molecule has 4 aromatic rings. The summed E-state index contributed by atoms with van der Waals surface area (Å²) in [5, 5.41) is 4.48. The molecule has 2 aliphatic rings. The first-order valence-electron chi connectivity index (χ1n) is 10.1. The largest absolute Gasteiger partial charge is 0.489 e. The number of imidazole rings is 1. The summed E-state index contributed by atoms with van der Waals surface area (Å²) < 4.78 is 10.4. The van der Waals surface area contributed by atoms with Crippen LogP contribution in [0.25, 0.3) is 33.5 Å². The molecular formula is C24H20N4O2. The van der Waals surface area contributed by atoms with Gasteiger partial charge in [-0.3, -0.25) is 4.79 Å². The molecule has 0 aliphatic carbocycles. The standard InChI is InChI=1S/C24H20N4O2/c29-15-17-10-19-23-22(11-17)30-9-8-27(23)24(26-19)21-12-18-5-1-2-6-20(18)28(21)14-16-4-3-7-25-13-16/h1-7,10-12,15,25H,8-9,13-14H2. The van der Waals surface area contributed by atoms with Crippen LogP contribution < -0.4 is 10.1 Å². The summed E-state index contributed by atoms with van der Waals surface area (Å²) in [6.07, 6.45) is 7.03. The number of carbonyl (C=O) groups excluding carboxylic acids is 1. The molecule has 4 heterocycles. The van der Waals surface area contributed by atoms with Gasteiger partial charge < -0.3 is 19.2 Å². The van der Waals surface area contributed by atoms with E-state index in [4.69, 9.17) is 9.72 Å². The van der Waals surface area contributed by atoms with Crippen LogP contribution in [0.15, 0.2) is 66.4 Å². The zero-order chi connectivity index (χ0) is 20.1. The van der Waals surface area contributed by atoms with Crippen LogP contribution in [0.5, 0.6) is 5.75 Å². The van der Waals surface area contributed by atoms with E-state index in [1.807, 2.05) is 18.3 Å². The normalized spacial score (nSPS) is 15.1. The SMILES string of the molecule is O=Cc1cc2c3c(c1)nc(-c1cc4ccccc4n1CC1=CC=CNC1)n3CCO2. The maximum absolute atomic E-state index is 11.4. The summed E-state index contributed by atoms with van der Waals surface area (Å²) in [7, 11) is 0. The third kappa shape index (κ3) is 2.57. The van der Waals surface area contributed by atoms with Crippen molar-refractivity contribution in [2.45, 2.75) is 13.1 Å². The number of nitrogens with zero attached hydrogens (tertiary/aromatic N) is 3. The number of hydrogen-bond donors (Lipinski definition) is 1. The molecule has 6 rings (SSSR count). The molecule has 0 saturated carbocycles. The van der Waals surface area contributed by atoms with Crippen molar-refractivity contribution in [3.05, 3.63) is 72.0 Å². The molecule has 2 aliphatic heterocycles. The Labute approximate surface area is 173 Å². The maximum atomic E-state index is 11.4. The second-order valence-corrected chi connectivity index (χ2v) is 7.68. The Bertz CT molecular complexity index is 1370. The van der Waals surface area contributed by atoms with Gasteiger partial charge in [0, 0.05) is 29.6 Å². The minimum atomic E-state index is 0.563. The fourth-order valence-corrected chi connectivity index (χ4v) is 4.47. The second kappa shape index (κ2) is 6.62. The van der Waals surface area contributed by atoms with Gasteiger partial charge in [-0.1, -0.05) is 24.3 Å². The monoisotopic (exact) mass is 396 g/mol. The van der Waals surface area contributed by atoms with E-state index >= 15 is 0 Å². The molecule has 0 unspecified atom stereocenters. The summed E-state index contributed by atoms with van der Waals surface area (Å²) >= 11 is 0. The lowest BCUT2D eigenvalue weighted by Crippen LogP contribution is -2.18. The van der Waals surface area contributed by atoms with Gasteiger partial charge in [0.25, 0.3) is 0 Å². The summed E-state index contributed by atoms with van der Waals surface area (Å²) in [4.78, 5) is 16.3. The molecule has 30 heavy (non-hydrogen) atoms. The number of fused-ring (bicyclic) bond motifs is 1. The molecule has 0 amide bonds. The highest BCUT2D eigenvalue weighted by Gasteiger charge is 2.24. The summed E-state index contributed by atoms with van der Waals surface area (Å²) in [5.74, 6) is 1.64. The van der Waals surface area contributed by atoms with E-state index in [2.05, 4.69) is 50.9 Å². The topological polar surface area (TPSA) is 61.1 Å². The fraction of sp³-hybridized carbons (Fsp3) is 0.167. The highest BCUT2D eigenvalue weighted by Crippen LogP contribution is 2.36. The third-order valence-corrected chi connectivity index (χ3v) is 5.81. The van der Waals surface area contributed by atoms with Gasteiger partial charge in [0.1, 0.15) is 24.2 Å². The lowest BCUT2D eigenvalue weighted by molar-refractivity contribution is 0.112. The first-order valence-corrected chi connectivity index (χ1v) is 10.1. The quantitative estimate of drug-likeness (QED) is 0.532. The average Bonchev–Trinajstić information content (AvgIpc) is 3.34. The Morgan fingerprint density at radius 2 is 2.13 bits per heavy atom. The third-order valence-electron chi connectivity index (χ3n) is 5.81. The van der Waals surface area contributed by atoms with E-state index in [0.717, 1.165) is 54.2 Å². The molecular weight excluding hydrogens is 376 g/mol. The molecule has 0 bridgehead atoms. The maximum Gasteiger partial charge on any atom is 0.158 e. The van der Waals surface area contributed by atoms with Crippen molar-refractivity contribution in [1.82, 2.24) is 19.4 Å². The molecule has 2 aromatic heterocycles. The van der Waals surface area contributed by atoms with E-state index in [-0.39, 0.29) is 0 Å². The van der Waals surface area contributed by atoms with E-state index in [9.17, 15) is 4.79 Å². The van der Waals surface area contributed by atoms with Crippen LogP contribution in [-0.2, 0) is 13.1 Å². The number of rotatable bonds is 4. The zero-order valence-corrected chi connectivity index (χ0v) is 16.3. The number of dihydropyridines is 1. The molecule has 6 heteroatoms. The van der Waals surface area contributed by atoms with Crippen LogP contribution in [-0.4, -0.2) is 33.6 Å². The Kier molecular flexibility index (Phi) is 3.77. The minimum Gasteiger partial charge on any atom is -0.489 e. The van der Waals surface area contributed by atoms with Gasteiger partial charge >= 0.3 is 0 Å². The van der Waals surface area contributed by atoms with Crippen LogP contribution in [0.3, 0.4) is 0 Å². The van der Waals surface area contributed by atoms with Crippen LogP contribution in [0, 0.1) is 0 Å². The molecule has 1 N–H and O–H groups in total. The summed E-state index contributed by atoms with van der Waals surface area (Å²) in [5.41, 5.74) is 5.90. The van der Waals surface area contributed by atoms with Crippen LogP contribution in [0.4, 0.5) is 0 Å². The molecule has 6 nitrogen and oxygen atoms in total. The molecule has 2 aromatic carbocycles. The van der Waals surface area contributed by atoms with Crippen LogP contribution >= 0.6 is 0 Å². The van der Waals surface area contributed by atoms with E-state index < -0.39 is 0 Å². The second-order valence-electron chi connectivity index (χ2n) is 7.68. The van der Waals surface area contributed by atoms with Crippen molar-refractivity contribution in [2.75, 3.05) is 13.2 Å². The van der Waals surface area contributed by atoms with Crippen molar-refractivity contribution < 1.29 is 9.53 Å². The van der Waals surface area contributed by atoms with Gasteiger partial charge in [-0.2, -0.15) is 0 Å². The first kappa shape index (κ1) is 17.1. The molecule has 0 atom stereocenters. The van der Waals surface area contributed by atoms with Crippen LogP contribution in [0.2, 0.25) is 0 Å². The van der Waals surface area contributed by atoms with E-state index in [1.54, 1.807) is 6.07 Å². The molecule has 0 spiro atoms. The zero-order valence-electron chi connectivity index (χ0n) is 16.3. The molecule has 0 fully saturated rings. The number of aldehydes is 1. The number of benzene rings is 2. The summed E-state index contributed by atoms with van der Waals surface area (Å²) in [6.45, 7) is 2.91. The van der Waals surface area contributed by atoms with Gasteiger partial charge in [0.15, 0.2) is 5.82 Å². The predicted molar refractivity (Wildman–Crippen MR) is 117 cm³/mol. The number of nitrogens with one attached hydrogen (secondary N) is 1. The fourth-order valence-electron chi connectivity index (χ4n) is 4.47. The number of ether oxygens (including phenoxy) is 1. The van der Waals surface area contributed by atoms with E-state index in [0.29, 0.717) is 12.2 Å². The minimum absolute atomic E-state index is 0.563. The van der Waals surface area contributed by atoms with Crippen LogP contribution in [0.1, 0.15) is 10.4 Å². The van der Waals surface area contributed by atoms with Crippen molar-refractivity contribution in [1.29, 1.82) is 0 Å². The van der Waals surface area contributed by atoms with Gasteiger partial charge in [-0.05, 0) is 42.1 Å². The molecule has 0 radical (unpaired) electrons. The highest BCUT2D eigenvalue weighted by atomic mass is 16.5. The average molecular weight is 396 g/mol. The number of hydrogen-bond acceptors (Lipinski definition) is 4. The Hall–Kier alpha value is -3.80. The Morgan fingerprint density at radius 1 is 1.20 bits per heavy atom. The highest BCUT2D eigenvalue weighted by molar-refractivity contribution is 5.93. The Morgan fingerprint density at radius 3 is 3.00 bits per heavy atom. The van der Waals surface area contributed by atoms with Crippen molar-refractivity contribution in [3.63, 3.8) is 0 Å². The lowest BCUT2D eigenvalue weighted by Gasteiger charge is -2.19. The van der Waals surface area contributed by atoms with Gasteiger partial charge in [-0.15, -0.1) is 0 Å². The summed E-state index contributed by atoms with van der Waals surface area (Å²) in [6, 6.07) is 14.3. The van der Waals surface area contributed by atoms with Gasteiger partial charge in [0.2, 0.25) is 0 Å². The lowest BCUT2D eigenvalue weighted by atomic mass is 10.2. The van der Waals surface area contributed by atoms with Gasteiger partial charge in [-0.25, -0.2) is 4.98 Å². The predicted octanol–water partition coefficient (Wildman–Crippen LogP) is 3.91. The number of para-hydroxylation sites is 1. The van der Waals surface area contributed by atoms with Crippen molar-refractivity contribution in [2.24, 2.45) is 0 Å². The number of aromatic nitrogens is 3. The molecule has 0 saturated heterocycles. The van der Waals surface area contributed by atoms with E-state index in [1.165, 1.54) is 16.5 Å². The smallest absolute Gasteiger partial charge is 0.158 e. The molecule has 148 valence electrons. The van der Waals surface area contributed by atoms with Crippen molar-refractivity contribution >= 4 is 28.2 Å².